The molecule has 1 amide bonds. The Balaban J connectivity index is 2.24. The quantitative estimate of drug-likeness (QED) is 0.788. The highest BCUT2D eigenvalue weighted by Gasteiger charge is 2.21. The average Bonchev–Trinajstić information content (AvgIpc) is 2.89. The zero-order valence-electron chi connectivity index (χ0n) is 13.8. The van der Waals surface area contributed by atoms with Gasteiger partial charge < -0.3 is 10.4 Å². The Morgan fingerprint density at radius 2 is 1.92 bits per heavy atom. The molecule has 1 atom stereocenters. The molecule has 24 heavy (non-hydrogen) atoms. The molecule has 1 aromatic carbocycles. The second-order valence-corrected chi connectivity index (χ2v) is 6.82. The Kier molecular flexibility index (Phi) is 5.77. The summed E-state index contributed by atoms with van der Waals surface area (Å²) in [6.45, 7) is 4.00. The molecule has 2 N–H and O–H groups in total. The summed E-state index contributed by atoms with van der Waals surface area (Å²) in [5, 5.41) is 16.3. The van der Waals surface area contributed by atoms with Crippen molar-refractivity contribution >= 4 is 27.8 Å². The number of halogens is 1. The van der Waals surface area contributed by atoms with Crippen LogP contribution in [0.15, 0.2) is 34.8 Å². The maximum absolute atomic E-state index is 12.6. The van der Waals surface area contributed by atoms with Crippen molar-refractivity contribution in [1.29, 1.82) is 0 Å². The molecular formula is C17H20BrN3O3. The molecule has 6 nitrogen and oxygen atoms in total. The van der Waals surface area contributed by atoms with E-state index in [1.54, 1.807) is 25.2 Å². The molecule has 0 spiro atoms. The van der Waals surface area contributed by atoms with E-state index in [2.05, 4.69) is 26.3 Å². The van der Waals surface area contributed by atoms with Crippen LogP contribution in [0, 0.1) is 0 Å². The van der Waals surface area contributed by atoms with E-state index in [0.717, 1.165) is 15.7 Å². The number of amides is 1. The Hall–Kier alpha value is -2.15. The molecule has 2 aromatic rings. The van der Waals surface area contributed by atoms with Gasteiger partial charge in [0.25, 0.3) is 5.91 Å². The Labute approximate surface area is 149 Å². The third kappa shape index (κ3) is 4.44. The molecule has 0 saturated carbocycles. The van der Waals surface area contributed by atoms with Crippen LogP contribution in [0.25, 0.3) is 0 Å². The summed E-state index contributed by atoms with van der Waals surface area (Å²) in [5.41, 5.74) is 1.97. The number of benzene rings is 1. The number of carbonyl (C=O) groups is 2. The van der Waals surface area contributed by atoms with E-state index in [4.69, 9.17) is 5.11 Å². The van der Waals surface area contributed by atoms with Crippen LogP contribution in [0.1, 0.15) is 54.0 Å². The van der Waals surface area contributed by atoms with Crippen molar-refractivity contribution in [2.45, 2.75) is 32.2 Å². The summed E-state index contributed by atoms with van der Waals surface area (Å²) in [6, 6.07) is 8.34. The van der Waals surface area contributed by atoms with Gasteiger partial charge in [0, 0.05) is 11.5 Å². The standard InChI is InChI=1S/C17H20BrN3O3/c1-10(2)13-8-15(21(3)20-13)17(24)19-14(9-16(22)23)11-4-6-12(18)7-5-11/h4-8,10,14H,9H2,1-3H3,(H,19,24)(H,22,23). The summed E-state index contributed by atoms with van der Waals surface area (Å²) < 4.78 is 2.41. The van der Waals surface area contributed by atoms with Crippen molar-refractivity contribution < 1.29 is 14.7 Å². The van der Waals surface area contributed by atoms with Gasteiger partial charge in [-0.1, -0.05) is 41.9 Å². The lowest BCUT2D eigenvalue weighted by atomic mass is 10.0. The Bertz CT molecular complexity index is 738. The predicted molar refractivity (Wildman–Crippen MR) is 93.9 cm³/mol. The SMILES string of the molecule is CC(C)c1cc(C(=O)NC(CC(=O)O)c2ccc(Br)cc2)n(C)n1. The maximum Gasteiger partial charge on any atom is 0.305 e. The number of nitrogens with one attached hydrogen (secondary N) is 1. The Morgan fingerprint density at radius 3 is 2.42 bits per heavy atom. The number of carbonyl (C=O) groups excluding carboxylic acids is 1. The van der Waals surface area contributed by atoms with Crippen LogP contribution in [0.4, 0.5) is 0 Å². The molecule has 2 rings (SSSR count). The van der Waals surface area contributed by atoms with E-state index in [9.17, 15) is 9.59 Å². The number of hydrogen-bond acceptors (Lipinski definition) is 3. The zero-order chi connectivity index (χ0) is 17.9. The van der Waals surface area contributed by atoms with Crippen LogP contribution in [-0.2, 0) is 11.8 Å². The fourth-order valence-electron chi connectivity index (χ4n) is 2.34. The van der Waals surface area contributed by atoms with E-state index < -0.39 is 12.0 Å². The van der Waals surface area contributed by atoms with Crippen LogP contribution >= 0.6 is 15.9 Å². The number of aliphatic carboxylic acids is 1. The molecule has 0 bridgehead atoms. The van der Waals surface area contributed by atoms with E-state index >= 15 is 0 Å². The normalized spacial score (nSPS) is 12.2. The summed E-state index contributed by atoms with van der Waals surface area (Å²) in [6.07, 6.45) is -0.192. The minimum atomic E-state index is -0.976. The highest BCUT2D eigenvalue weighted by atomic mass is 79.9. The Morgan fingerprint density at radius 1 is 1.29 bits per heavy atom. The largest absolute Gasteiger partial charge is 0.481 e. The fraction of sp³-hybridized carbons (Fsp3) is 0.353. The second kappa shape index (κ2) is 7.61. The van der Waals surface area contributed by atoms with Crippen LogP contribution in [-0.4, -0.2) is 26.8 Å². The van der Waals surface area contributed by atoms with Gasteiger partial charge in [0.15, 0.2) is 0 Å². The van der Waals surface area contributed by atoms with E-state index in [-0.39, 0.29) is 18.2 Å². The maximum atomic E-state index is 12.6. The summed E-state index contributed by atoms with van der Waals surface area (Å²) >= 11 is 3.34. The average molecular weight is 394 g/mol. The van der Waals surface area contributed by atoms with Gasteiger partial charge in [0.1, 0.15) is 5.69 Å². The first kappa shape index (κ1) is 18.2. The number of carboxylic acids is 1. The molecule has 0 aliphatic carbocycles. The first-order chi connectivity index (χ1) is 11.3. The molecule has 0 aliphatic rings. The number of aryl methyl sites for hydroxylation is 1. The van der Waals surface area contributed by atoms with Crippen molar-refractivity contribution in [3.63, 3.8) is 0 Å². The second-order valence-electron chi connectivity index (χ2n) is 5.91. The summed E-state index contributed by atoms with van der Waals surface area (Å²) in [4.78, 5) is 23.7. The van der Waals surface area contributed by atoms with E-state index in [1.165, 1.54) is 4.68 Å². The van der Waals surface area contributed by atoms with Gasteiger partial charge >= 0.3 is 5.97 Å². The smallest absolute Gasteiger partial charge is 0.305 e. The third-order valence-corrected chi connectivity index (χ3v) is 4.21. The number of rotatable bonds is 6. The van der Waals surface area contributed by atoms with Gasteiger partial charge in [-0.05, 0) is 29.7 Å². The topological polar surface area (TPSA) is 84.2 Å². The molecule has 128 valence electrons. The van der Waals surface area contributed by atoms with Crippen molar-refractivity contribution in [3.8, 4) is 0 Å². The van der Waals surface area contributed by atoms with Gasteiger partial charge in [-0.15, -0.1) is 0 Å². The zero-order valence-corrected chi connectivity index (χ0v) is 15.4. The lowest BCUT2D eigenvalue weighted by molar-refractivity contribution is -0.137. The van der Waals surface area contributed by atoms with Gasteiger partial charge in [0.2, 0.25) is 0 Å². The lowest BCUT2D eigenvalue weighted by Crippen LogP contribution is -2.31. The first-order valence-electron chi connectivity index (χ1n) is 7.60. The van der Waals surface area contributed by atoms with Crippen LogP contribution < -0.4 is 5.32 Å². The number of carboxylic acid groups (broad SMARTS) is 1. The molecular weight excluding hydrogens is 374 g/mol. The molecule has 0 radical (unpaired) electrons. The predicted octanol–water partition coefficient (Wildman–Crippen LogP) is 3.25. The summed E-state index contributed by atoms with van der Waals surface area (Å²) in [7, 11) is 1.70. The molecule has 0 saturated heterocycles. The van der Waals surface area contributed by atoms with E-state index in [1.807, 2.05) is 26.0 Å². The first-order valence-corrected chi connectivity index (χ1v) is 8.39. The molecule has 0 fully saturated rings. The van der Waals surface area contributed by atoms with Crippen LogP contribution in [0.2, 0.25) is 0 Å². The minimum Gasteiger partial charge on any atom is -0.481 e. The van der Waals surface area contributed by atoms with E-state index in [0.29, 0.717) is 5.69 Å². The van der Waals surface area contributed by atoms with Crippen molar-refractivity contribution in [1.82, 2.24) is 15.1 Å². The van der Waals surface area contributed by atoms with Gasteiger partial charge in [-0.3, -0.25) is 14.3 Å². The van der Waals surface area contributed by atoms with Crippen LogP contribution in [0.5, 0.6) is 0 Å². The number of aromatic nitrogens is 2. The van der Waals surface area contributed by atoms with Gasteiger partial charge in [-0.2, -0.15) is 5.10 Å². The molecule has 7 heteroatoms. The van der Waals surface area contributed by atoms with Crippen molar-refractivity contribution in [2.24, 2.45) is 7.05 Å². The lowest BCUT2D eigenvalue weighted by Gasteiger charge is -2.17. The van der Waals surface area contributed by atoms with Crippen molar-refractivity contribution in [3.05, 3.63) is 51.8 Å². The monoisotopic (exact) mass is 393 g/mol. The number of nitrogens with zero attached hydrogens (tertiary/aromatic N) is 2. The van der Waals surface area contributed by atoms with Crippen molar-refractivity contribution in [2.75, 3.05) is 0 Å². The third-order valence-electron chi connectivity index (χ3n) is 3.68. The van der Waals surface area contributed by atoms with Crippen LogP contribution in [0.3, 0.4) is 0 Å². The molecule has 0 aliphatic heterocycles. The highest BCUT2D eigenvalue weighted by molar-refractivity contribution is 9.10. The molecule has 1 unspecified atom stereocenters. The number of hydrogen-bond donors (Lipinski definition) is 2. The minimum absolute atomic E-state index is 0.192. The highest BCUT2D eigenvalue weighted by Crippen LogP contribution is 2.21. The molecule has 1 aromatic heterocycles. The van der Waals surface area contributed by atoms with Gasteiger partial charge in [0.05, 0.1) is 18.2 Å². The summed E-state index contributed by atoms with van der Waals surface area (Å²) in [5.74, 6) is -1.11. The molecule has 1 heterocycles. The van der Waals surface area contributed by atoms with Gasteiger partial charge in [-0.25, -0.2) is 0 Å². The fourth-order valence-corrected chi connectivity index (χ4v) is 2.60.